The van der Waals surface area contributed by atoms with Crippen molar-refractivity contribution < 1.29 is 0 Å². The van der Waals surface area contributed by atoms with Gasteiger partial charge < -0.3 is 5.32 Å². The molecule has 0 saturated heterocycles. The first-order chi connectivity index (χ1) is 9.04. The summed E-state index contributed by atoms with van der Waals surface area (Å²) >= 11 is 11.9. The number of hydrogen-bond acceptors (Lipinski definition) is 3. The van der Waals surface area contributed by atoms with Crippen molar-refractivity contribution in [2.75, 3.05) is 6.54 Å². The predicted molar refractivity (Wildman–Crippen MR) is 77.9 cm³/mol. The van der Waals surface area contributed by atoms with E-state index >= 15 is 0 Å². The molecule has 6 heteroatoms. The maximum Gasteiger partial charge on any atom is 0.0969 e. The summed E-state index contributed by atoms with van der Waals surface area (Å²) in [5.41, 5.74) is 1.69. The zero-order valence-corrected chi connectivity index (χ0v) is 12.4. The Hall–Kier alpha value is -1.10. The summed E-state index contributed by atoms with van der Waals surface area (Å²) in [6, 6.07) is 5.29. The van der Waals surface area contributed by atoms with Gasteiger partial charge in [-0.1, -0.05) is 42.3 Å². The van der Waals surface area contributed by atoms with E-state index in [1.165, 1.54) is 0 Å². The first-order valence-corrected chi connectivity index (χ1v) is 6.88. The molecule has 0 saturated carbocycles. The van der Waals surface area contributed by atoms with Crippen molar-refractivity contribution in [3.8, 4) is 5.69 Å². The molecule has 0 unspecified atom stereocenters. The van der Waals surface area contributed by atoms with E-state index in [0.717, 1.165) is 17.9 Å². The highest BCUT2D eigenvalue weighted by molar-refractivity contribution is 6.34. The Kier molecular flexibility index (Phi) is 4.80. The minimum absolute atomic E-state index is 0.581. The molecule has 2 rings (SSSR count). The molecule has 0 fully saturated rings. The van der Waals surface area contributed by atoms with Gasteiger partial charge >= 0.3 is 0 Å². The molecule has 19 heavy (non-hydrogen) atoms. The average molecular weight is 299 g/mol. The van der Waals surface area contributed by atoms with Crippen LogP contribution in [0.15, 0.2) is 24.4 Å². The molecule has 0 aliphatic carbocycles. The fourth-order valence-electron chi connectivity index (χ4n) is 1.67. The third kappa shape index (κ3) is 4.20. The molecule has 0 aliphatic heterocycles. The number of nitrogens with zero attached hydrogens (tertiary/aromatic N) is 3. The van der Waals surface area contributed by atoms with Crippen molar-refractivity contribution in [1.29, 1.82) is 0 Å². The largest absolute Gasteiger partial charge is 0.311 e. The molecule has 0 aliphatic rings. The number of benzene rings is 1. The summed E-state index contributed by atoms with van der Waals surface area (Å²) in [6.07, 6.45) is 1.87. The normalized spacial score (nSPS) is 11.2. The smallest absolute Gasteiger partial charge is 0.0969 e. The van der Waals surface area contributed by atoms with Crippen molar-refractivity contribution in [3.05, 3.63) is 40.1 Å². The summed E-state index contributed by atoms with van der Waals surface area (Å²) < 4.78 is 1.67. The van der Waals surface area contributed by atoms with Crippen LogP contribution in [0.25, 0.3) is 5.69 Å². The molecule has 1 N–H and O–H groups in total. The van der Waals surface area contributed by atoms with E-state index in [1.54, 1.807) is 22.9 Å². The quantitative estimate of drug-likeness (QED) is 0.921. The van der Waals surface area contributed by atoms with Crippen molar-refractivity contribution >= 4 is 23.2 Å². The van der Waals surface area contributed by atoms with Crippen LogP contribution < -0.4 is 5.32 Å². The number of hydrogen-bond donors (Lipinski definition) is 1. The zero-order valence-electron chi connectivity index (χ0n) is 10.9. The van der Waals surface area contributed by atoms with Gasteiger partial charge in [0, 0.05) is 16.6 Å². The number of nitrogens with one attached hydrogen (secondary N) is 1. The first kappa shape index (κ1) is 14.3. The molecule has 1 heterocycles. The SMILES string of the molecule is CC(C)CNCc1cn(-c2cc(Cl)cc(Cl)c2)nn1. The summed E-state index contributed by atoms with van der Waals surface area (Å²) in [7, 11) is 0. The van der Waals surface area contributed by atoms with E-state index in [2.05, 4.69) is 29.5 Å². The Morgan fingerprint density at radius 1 is 1.21 bits per heavy atom. The highest BCUT2D eigenvalue weighted by Gasteiger charge is 2.05. The van der Waals surface area contributed by atoms with Crippen molar-refractivity contribution in [2.45, 2.75) is 20.4 Å². The van der Waals surface area contributed by atoms with Gasteiger partial charge in [0.1, 0.15) is 0 Å². The molecule has 2 aromatic rings. The Morgan fingerprint density at radius 2 is 1.89 bits per heavy atom. The molecular weight excluding hydrogens is 283 g/mol. The van der Waals surface area contributed by atoms with E-state index < -0.39 is 0 Å². The fourth-order valence-corrected chi connectivity index (χ4v) is 2.18. The summed E-state index contributed by atoms with van der Waals surface area (Å²) in [5, 5.41) is 12.7. The highest BCUT2D eigenvalue weighted by atomic mass is 35.5. The number of rotatable bonds is 5. The van der Waals surface area contributed by atoms with Gasteiger partial charge in [-0.15, -0.1) is 5.10 Å². The maximum atomic E-state index is 5.97. The Labute approximate surface area is 122 Å². The van der Waals surface area contributed by atoms with Crippen LogP contribution in [-0.2, 0) is 6.54 Å². The predicted octanol–water partition coefficient (Wildman–Crippen LogP) is 3.32. The van der Waals surface area contributed by atoms with Crippen LogP contribution in [-0.4, -0.2) is 21.5 Å². The summed E-state index contributed by atoms with van der Waals surface area (Å²) in [5.74, 6) is 0.613. The van der Waals surface area contributed by atoms with Crippen molar-refractivity contribution in [2.24, 2.45) is 5.92 Å². The lowest BCUT2D eigenvalue weighted by molar-refractivity contribution is 0.548. The molecule has 0 bridgehead atoms. The molecule has 1 aromatic carbocycles. The first-order valence-electron chi connectivity index (χ1n) is 6.13. The van der Waals surface area contributed by atoms with Crippen LogP contribution in [0.1, 0.15) is 19.5 Å². The number of aromatic nitrogens is 3. The van der Waals surface area contributed by atoms with Gasteiger partial charge in [-0.05, 0) is 30.7 Å². The second kappa shape index (κ2) is 6.37. The topological polar surface area (TPSA) is 42.7 Å². The minimum atomic E-state index is 0.581. The highest BCUT2D eigenvalue weighted by Crippen LogP contribution is 2.21. The monoisotopic (exact) mass is 298 g/mol. The van der Waals surface area contributed by atoms with E-state index in [-0.39, 0.29) is 0 Å². The molecule has 0 spiro atoms. The van der Waals surface area contributed by atoms with Crippen LogP contribution in [0.5, 0.6) is 0 Å². The summed E-state index contributed by atoms with van der Waals surface area (Å²) in [4.78, 5) is 0. The molecule has 0 amide bonds. The van der Waals surface area contributed by atoms with Gasteiger partial charge in [0.2, 0.25) is 0 Å². The van der Waals surface area contributed by atoms with E-state index in [0.29, 0.717) is 22.5 Å². The van der Waals surface area contributed by atoms with Gasteiger partial charge in [-0.2, -0.15) is 0 Å². The van der Waals surface area contributed by atoms with Crippen LogP contribution in [0, 0.1) is 5.92 Å². The van der Waals surface area contributed by atoms with Crippen LogP contribution >= 0.6 is 23.2 Å². The van der Waals surface area contributed by atoms with Crippen LogP contribution in [0.3, 0.4) is 0 Å². The van der Waals surface area contributed by atoms with Gasteiger partial charge in [-0.3, -0.25) is 0 Å². The number of halogens is 2. The van der Waals surface area contributed by atoms with Crippen LogP contribution in [0.2, 0.25) is 10.0 Å². The van der Waals surface area contributed by atoms with E-state index in [9.17, 15) is 0 Å². The maximum absolute atomic E-state index is 5.97. The average Bonchev–Trinajstić information content (AvgIpc) is 2.76. The second-order valence-electron chi connectivity index (χ2n) is 4.81. The Bertz CT molecular complexity index is 531. The van der Waals surface area contributed by atoms with Gasteiger partial charge in [-0.25, -0.2) is 4.68 Å². The minimum Gasteiger partial charge on any atom is -0.311 e. The third-order valence-corrected chi connectivity index (χ3v) is 2.95. The van der Waals surface area contributed by atoms with Gasteiger partial charge in [0.15, 0.2) is 0 Å². The zero-order chi connectivity index (χ0) is 13.8. The molecule has 102 valence electrons. The van der Waals surface area contributed by atoms with Crippen LogP contribution in [0.4, 0.5) is 0 Å². The van der Waals surface area contributed by atoms with Gasteiger partial charge in [0.05, 0.1) is 17.6 Å². The fraction of sp³-hybridized carbons (Fsp3) is 0.385. The molecule has 0 radical (unpaired) electrons. The molecule has 0 atom stereocenters. The van der Waals surface area contributed by atoms with Crippen molar-refractivity contribution in [1.82, 2.24) is 20.3 Å². The van der Waals surface area contributed by atoms with Gasteiger partial charge in [0.25, 0.3) is 0 Å². The lowest BCUT2D eigenvalue weighted by Crippen LogP contribution is -2.19. The Morgan fingerprint density at radius 3 is 2.53 bits per heavy atom. The third-order valence-electron chi connectivity index (χ3n) is 2.51. The lowest BCUT2D eigenvalue weighted by Gasteiger charge is -2.04. The standard InChI is InChI=1S/C13H16Cl2N4/c1-9(2)6-16-7-12-8-19(18-17-12)13-4-10(14)3-11(15)5-13/h3-5,8-9,16H,6-7H2,1-2H3. The molecular formula is C13H16Cl2N4. The van der Waals surface area contributed by atoms with Crippen molar-refractivity contribution in [3.63, 3.8) is 0 Å². The van der Waals surface area contributed by atoms with E-state index in [1.807, 2.05) is 6.20 Å². The molecule has 4 nitrogen and oxygen atoms in total. The lowest BCUT2D eigenvalue weighted by atomic mass is 10.2. The molecule has 1 aromatic heterocycles. The van der Waals surface area contributed by atoms with E-state index in [4.69, 9.17) is 23.2 Å². The Balaban J connectivity index is 2.07. The summed E-state index contributed by atoms with van der Waals surface area (Å²) in [6.45, 7) is 5.98. The second-order valence-corrected chi connectivity index (χ2v) is 5.68.